The molecule has 0 spiro atoms. The van der Waals surface area contributed by atoms with Crippen LogP contribution < -0.4 is 71.2 Å². The van der Waals surface area contributed by atoms with Crippen LogP contribution in [0.1, 0.15) is 151 Å². The van der Waals surface area contributed by atoms with E-state index in [1.807, 2.05) is 27.7 Å². The van der Waals surface area contributed by atoms with E-state index in [9.17, 15) is 63.0 Å². The van der Waals surface area contributed by atoms with E-state index in [4.69, 9.17) is 28.7 Å². The summed E-state index contributed by atoms with van der Waals surface area (Å²) in [5, 5.41) is 41.7. The Balaban J connectivity index is 3.76. The summed E-state index contributed by atoms with van der Waals surface area (Å²) in [5.74, 6) is -11.1. The summed E-state index contributed by atoms with van der Waals surface area (Å²) in [6, 6.07) is -9.94. The number of Topliss-reactive ketones (excluding diaryl/α,β-unsaturated/α-hetero) is 3. The minimum Gasteiger partial charge on any atom is -0.394 e. The van der Waals surface area contributed by atoms with Crippen molar-refractivity contribution in [3.63, 3.8) is 0 Å². The third-order valence-electron chi connectivity index (χ3n) is 14.0. The number of carbonyl (C=O) groups is 11. The van der Waals surface area contributed by atoms with Gasteiger partial charge in [0, 0.05) is 50.0 Å². The summed E-state index contributed by atoms with van der Waals surface area (Å²) in [6.07, 6.45) is 0.704. The number of aliphatic hydroxyl groups excluding tert-OH is 2. The van der Waals surface area contributed by atoms with E-state index in [0.717, 1.165) is 19.3 Å². The molecule has 0 aromatic rings. The van der Waals surface area contributed by atoms with Gasteiger partial charge >= 0.3 is 0 Å². The van der Waals surface area contributed by atoms with Gasteiger partial charge in [-0.15, -0.1) is 0 Å². The topological polar surface area (TPSA) is 455 Å². The van der Waals surface area contributed by atoms with Gasteiger partial charge in [-0.1, -0.05) is 60.8 Å². The minimum atomic E-state index is -1.62. The Morgan fingerprint density at radius 1 is 0.556 bits per heavy atom. The van der Waals surface area contributed by atoms with E-state index in [-0.39, 0.29) is 108 Å². The largest absolute Gasteiger partial charge is 0.394 e. The highest BCUT2D eigenvalue weighted by Gasteiger charge is 2.37. The molecule has 0 aromatic carbocycles. The molecule has 0 aliphatic carbocycles. The zero-order valence-corrected chi connectivity index (χ0v) is 49.1. The lowest BCUT2D eigenvalue weighted by Gasteiger charge is -2.28. The molecular formula is C55H101N13O13. The number of ketones is 3. The first-order valence-electron chi connectivity index (χ1n) is 29.0. The molecule has 0 bridgehead atoms. The second-order valence-corrected chi connectivity index (χ2v) is 22.7. The Kier molecular flexibility index (Phi) is 36.2. The maximum absolute atomic E-state index is 14.4. The monoisotopic (exact) mass is 1150 g/mol. The number of hydrogen-bond acceptors (Lipinski definition) is 18. The van der Waals surface area contributed by atoms with E-state index < -0.39 is 157 Å². The van der Waals surface area contributed by atoms with E-state index >= 15 is 0 Å². The molecule has 26 nitrogen and oxygen atoms in total. The molecule has 81 heavy (non-hydrogen) atoms. The average Bonchev–Trinajstić information content (AvgIpc) is 3.38. The highest BCUT2D eigenvalue weighted by molar-refractivity contribution is 5.99. The quantitative estimate of drug-likeness (QED) is 0.0318. The van der Waals surface area contributed by atoms with E-state index in [1.165, 1.54) is 6.92 Å². The number of nitrogens with two attached hydrogens (primary N) is 5. The van der Waals surface area contributed by atoms with E-state index in [0.29, 0.717) is 12.3 Å². The highest BCUT2D eigenvalue weighted by atomic mass is 16.3. The molecule has 0 aromatic heterocycles. The first-order chi connectivity index (χ1) is 38.3. The zero-order chi connectivity index (χ0) is 61.4. The number of rotatable bonds is 31. The van der Waals surface area contributed by atoms with Gasteiger partial charge in [-0.3, -0.25) is 52.7 Å². The lowest BCUT2D eigenvalue weighted by Crippen LogP contribution is -2.59. The molecule has 0 unspecified atom stereocenters. The molecule has 11 atom stereocenters. The summed E-state index contributed by atoms with van der Waals surface area (Å²) in [4.78, 5) is 153. The van der Waals surface area contributed by atoms with Crippen LogP contribution in [0.15, 0.2) is 0 Å². The van der Waals surface area contributed by atoms with Crippen molar-refractivity contribution in [2.75, 3.05) is 45.9 Å². The fraction of sp³-hybridized carbons (Fsp3) is 0.800. The van der Waals surface area contributed by atoms with E-state index in [2.05, 4.69) is 56.4 Å². The first kappa shape index (κ1) is 73.5. The fourth-order valence-corrected chi connectivity index (χ4v) is 9.48. The van der Waals surface area contributed by atoms with Crippen molar-refractivity contribution in [2.24, 2.45) is 64.2 Å². The zero-order valence-electron chi connectivity index (χ0n) is 49.1. The molecular weight excluding hydrogens is 1050 g/mol. The summed E-state index contributed by atoms with van der Waals surface area (Å²) in [6.45, 7) is 11.1. The minimum absolute atomic E-state index is 0.0626. The summed E-state index contributed by atoms with van der Waals surface area (Å²) >= 11 is 0. The standard InChI is InChI=1S/C55H101N13O13/c1-31(2)11-9-8-10-12-38(71)27-35(13-19-56)49(75)68-47(34(7)70)46(73)28-36(14-20-57)48(74)63-42-18-24-61-51(77)44(30-69)67-53(79)41(17-23-60)64-52(78)40(16-22-59)65-55(81)43(26-33(5)6)66-50(76)37(25-32(3)4)29-45(72)39(15-21-58)62-54(42)80/h31-37,39-44,47,69-70H,8-30,56-60H2,1-7H3,(H,61,77)(H,62,80)(H,63,74)(H,64,78)(H,65,81)(H,66,76)(H,67,79)(H,68,75)/t34-,35-,36-,37+,39+,40+,41+,42+,43+,44+,47+/m1/s1. The third-order valence-corrected chi connectivity index (χ3v) is 14.0. The molecule has 1 saturated heterocycles. The SMILES string of the molecule is CC(C)CCCCCC(=O)C[C@@H](CCN)C(=O)N[C@H](C(=O)C[C@@H](CCN)C(=O)N[C@H]1CCNC(=O)[C@H](CO)NC(=O)[C@H](CCN)NC(=O)[C@H](CCN)NC(=O)[C@H](CC(C)C)NC(=O)[C@@H](CC(C)C)CC(=O)[C@H](CCN)NC1=O)[C@@H](C)O. The van der Waals surface area contributed by atoms with Gasteiger partial charge in [0.15, 0.2) is 11.6 Å². The smallest absolute Gasteiger partial charge is 0.244 e. The number of amides is 8. The Hall–Kier alpha value is -5.51. The van der Waals surface area contributed by atoms with Crippen LogP contribution in [-0.2, 0) is 52.7 Å². The van der Waals surface area contributed by atoms with Gasteiger partial charge in [0.2, 0.25) is 47.3 Å². The van der Waals surface area contributed by atoms with Crippen LogP contribution in [0.3, 0.4) is 0 Å². The number of hydrogen-bond donors (Lipinski definition) is 15. The molecule has 464 valence electrons. The normalized spacial score (nSPS) is 23.0. The van der Waals surface area contributed by atoms with Crippen molar-refractivity contribution in [1.82, 2.24) is 42.5 Å². The maximum atomic E-state index is 14.4. The molecule has 8 amide bonds. The first-order valence-corrected chi connectivity index (χ1v) is 29.0. The number of nitrogens with one attached hydrogen (secondary N) is 8. The predicted molar refractivity (Wildman–Crippen MR) is 304 cm³/mol. The Morgan fingerprint density at radius 2 is 1.06 bits per heavy atom. The number of aliphatic hydroxyl groups is 2. The van der Waals surface area contributed by atoms with Gasteiger partial charge in [-0.2, -0.15) is 0 Å². The van der Waals surface area contributed by atoms with Crippen LogP contribution in [0.2, 0.25) is 0 Å². The second-order valence-electron chi connectivity index (χ2n) is 22.7. The van der Waals surface area contributed by atoms with Gasteiger partial charge in [-0.25, -0.2) is 0 Å². The molecule has 1 aliphatic heterocycles. The maximum Gasteiger partial charge on any atom is 0.244 e. The van der Waals surface area contributed by atoms with Crippen LogP contribution in [-0.4, -0.2) is 169 Å². The Bertz CT molecular complexity index is 2030. The van der Waals surface area contributed by atoms with Crippen molar-refractivity contribution < 1.29 is 63.0 Å². The van der Waals surface area contributed by atoms with Crippen LogP contribution in [0, 0.1) is 35.5 Å². The van der Waals surface area contributed by atoms with Gasteiger partial charge in [0.05, 0.1) is 18.8 Å². The van der Waals surface area contributed by atoms with Crippen molar-refractivity contribution in [1.29, 1.82) is 0 Å². The Morgan fingerprint density at radius 3 is 1.57 bits per heavy atom. The van der Waals surface area contributed by atoms with Crippen LogP contribution in [0.4, 0.5) is 0 Å². The average molecular weight is 1150 g/mol. The molecule has 1 heterocycles. The van der Waals surface area contributed by atoms with Crippen LogP contribution in [0.25, 0.3) is 0 Å². The Labute approximate surface area is 478 Å². The second kappa shape index (κ2) is 39.8. The van der Waals surface area contributed by atoms with Gasteiger partial charge < -0.3 is 81.4 Å². The molecule has 1 aliphatic rings. The van der Waals surface area contributed by atoms with Crippen molar-refractivity contribution in [3.8, 4) is 0 Å². The molecule has 20 N–H and O–H groups in total. The lowest BCUT2D eigenvalue weighted by atomic mass is 9.88. The van der Waals surface area contributed by atoms with Crippen molar-refractivity contribution in [3.05, 3.63) is 0 Å². The van der Waals surface area contributed by atoms with Crippen molar-refractivity contribution in [2.45, 2.75) is 200 Å². The molecule has 0 saturated carbocycles. The van der Waals surface area contributed by atoms with E-state index in [1.54, 1.807) is 0 Å². The predicted octanol–water partition coefficient (Wildman–Crippen LogP) is -2.56. The molecule has 26 heteroatoms. The fourth-order valence-electron chi connectivity index (χ4n) is 9.48. The summed E-state index contributed by atoms with van der Waals surface area (Å²) < 4.78 is 0. The molecule has 1 fully saturated rings. The molecule has 1 rings (SSSR count). The van der Waals surface area contributed by atoms with Crippen molar-refractivity contribution >= 4 is 64.6 Å². The van der Waals surface area contributed by atoms with Crippen LogP contribution in [0.5, 0.6) is 0 Å². The molecule has 0 radical (unpaired) electrons. The number of unbranched alkanes of at least 4 members (excludes halogenated alkanes) is 2. The highest BCUT2D eigenvalue weighted by Crippen LogP contribution is 2.21. The van der Waals surface area contributed by atoms with Gasteiger partial charge in [-0.05, 0) is 115 Å². The summed E-state index contributed by atoms with van der Waals surface area (Å²) in [5.41, 5.74) is 29.3. The lowest BCUT2D eigenvalue weighted by molar-refractivity contribution is -0.137. The van der Waals surface area contributed by atoms with Gasteiger partial charge in [0.25, 0.3) is 0 Å². The summed E-state index contributed by atoms with van der Waals surface area (Å²) in [7, 11) is 0. The third kappa shape index (κ3) is 28.4. The van der Waals surface area contributed by atoms with Crippen LogP contribution >= 0.6 is 0 Å². The van der Waals surface area contributed by atoms with Gasteiger partial charge in [0.1, 0.15) is 42.0 Å². The number of carbonyl (C=O) groups excluding carboxylic acids is 11.